The number of anilines is 2. The molecule has 0 spiro atoms. The van der Waals surface area contributed by atoms with Crippen molar-refractivity contribution in [3.05, 3.63) is 117 Å². The predicted molar refractivity (Wildman–Crippen MR) is 143 cm³/mol. The first-order chi connectivity index (χ1) is 18.2. The molecule has 38 heavy (non-hydrogen) atoms. The molecule has 186 valence electrons. The molecule has 0 aliphatic carbocycles. The summed E-state index contributed by atoms with van der Waals surface area (Å²) in [7, 11) is -1.81. The van der Waals surface area contributed by atoms with Crippen LogP contribution in [0.2, 0.25) is 10.0 Å². The number of imide groups is 2. The van der Waals surface area contributed by atoms with E-state index in [2.05, 4.69) is 0 Å². The Hall–Kier alpha value is -4.11. The first-order valence-corrected chi connectivity index (χ1v) is 13.1. The summed E-state index contributed by atoms with van der Waals surface area (Å²) in [5.74, 6) is -2.13. The molecule has 2 aliphatic rings. The summed E-state index contributed by atoms with van der Waals surface area (Å²) in [5.41, 5.74) is 1.25. The van der Waals surface area contributed by atoms with Crippen LogP contribution in [0.4, 0.5) is 11.4 Å². The molecule has 4 aromatic carbocycles. The van der Waals surface area contributed by atoms with E-state index in [0.29, 0.717) is 21.4 Å². The van der Waals surface area contributed by atoms with E-state index in [9.17, 15) is 23.4 Å². The molecule has 4 amide bonds. The zero-order valence-corrected chi connectivity index (χ0v) is 21.5. The molecule has 10 heteroatoms. The second-order valence-corrected chi connectivity index (χ2v) is 10.9. The minimum absolute atomic E-state index is 0.111. The average molecular weight is 561 g/mol. The molecular weight excluding hydrogens is 547 g/mol. The number of halogens is 2. The largest absolute Gasteiger partial charge is 0.268 e. The molecule has 0 bridgehead atoms. The summed E-state index contributed by atoms with van der Waals surface area (Å²) in [5, 5.41) is 0.749. The highest BCUT2D eigenvalue weighted by Crippen LogP contribution is 2.34. The van der Waals surface area contributed by atoms with Crippen LogP contribution in [-0.2, 0) is 10.8 Å². The maximum atomic E-state index is 13.5. The molecule has 6 rings (SSSR count). The average Bonchev–Trinajstić information content (AvgIpc) is 3.31. The third-order valence-electron chi connectivity index (χ3n) is 6.28. The Morgan fingerprint density at radius 2 is 0.895 bits per heavy atom. The molecule has 2 aliphatic heterocycles. The van der Waals surface area contributed by atoms with Gasteiger partial charge in [0.25, 0.3) is 23.6 Å². The Bertz CT molecular complexity index is 1640. The smallest absolute Gasteiger partial charge is 0.266 e. The Morgan fingerprint density at radius 3 is 1.29 bits per heavy atom. The summed E-state index contributed by atoms with van der Waals surface area (Å²) in [6.45, 7) is 0. The number of fused-ring (bicyclic) bond motifs is 2. The van der Waals surface area contributed by atoms with Crippen molar-refractivity contribution in [3.8, 4) is 0 Å². The zero-order chi connectivity index (χ0) is 26.7. The first-order valence-electron chi connectivity index (χ1n) is 11.2. The van der Waals surface area contributed by atoms with Crippen molar-refractivity contribution in [2.24, 2.45) is 0 Å². The highest BCUT2D eigenvalue weighted by atomic mass is 35.5. The van der Waals surface area contributed by atoms with Crippen molar-refractivity contribution in [1.82, 2.24) is 0 Å². The van der Waals surface area contributed by atoms with Crippen molar-refractivity contribution < 1.29 is 23.4 Å². The van der Waals surface area contributed by atoms with Crippen molar-refractivity contribution in [2.45, 2.75) is 9.79 Å². The van der Waals surface area contributed by atoms with Crippen LogP contribution in [0.3, 0.4) is 0 Å². The van der Waals surface area contributed by atoms with Gasteiger partial charge in [0.1, 0.15) is 0 Å². The Labute approximate surface area is 228 Å². The molecule has 0 radical (unpaired) electrons. The van der Waals surface area contributed by atoms with E-state index >= 15 is 0 Å². The standard InChI is InChI=1S/C28H14Cl2N2O5S/c29-15-3-1-5-17(11-15)31-25(33)21-9-7-19(13-23(21)27(31)35)38(37)20-8-10-22-24(14-20)28(36)32(26(22)34)18-6-2-4-16(30)12-18/h1-14H. The lowest BCUT2D eigenvalue weighted by atomic mass is 10.1. The molecule has 0 saturated carbocycles. The topological polar surface area (TPSA) is 91.8 Å². The summed E-state index contributed by atoms with van der Waals surface area (Å²) < 4.78 is 13.5. The van der Waals surface area contributed by atoms with Crippen molar-refractivity contribution >= 4 is 69.0 Å². The number of hydrogen-bond donors (Lipinski definition) is 0. The van der Waals surface area contributed by atoms with Crippen LogP contribution in [0.25, 0.3) is 0 Å². The monoisotopic (exact) mass is 560 g/mol. The fourth-order valence-corrected chi connectivity index (χ4v) is 5.98. The fraction of sp³-hybridized carbons (Fsp3) is 0. The quantitative estimate of drug-likeness (QED) is 0.296. The minimum Gasteiger partial charge on any atom is -0.268 e. The van der Waals surface area contributed by atoms with E-state index in [4.69, 9.17) is 23.2 Å². The third kappa shape index (κ3) is 3.77. The van der Waals surface area contributed by atoms with Crippen LogP contribution >= 0.6 is 23.2 Å². The second-order valence-electron chi connectivity index (χ2n) is 8.53. The number of hydrogen-bond acceptors (Lipinski definition) is 5. The first kappa shape index (κ1) is 24.2. The van der Waals surface area contributed by atoms with Crippen molar-refractivity contribution in [1.29, 1.82) is 0 Å². The molecule has 0 aromatic heterocycles. The number of amides is 4. The van der Waals surface area contributed by atoms with E-state index in [1.165, 1.54) is 48.5 Å². The number of nitrogens with zero attached hydrogens (tertiary/aromatic N) is 2. The van der Waals surface area contributed by atoms with E-state index < -0.39 is 34.4 Å². The van der Waals surface area contributed by atoms with Crippen molar-refractivity contribution in [3.63, 3.8) is 0 Å². The highest BCUT2D eigenvalue weighted by Gasteiger charge is 2.39. The van der Waals surface area contributed by atoms with E-state index in [1.54, 1.807) is 36.4 Å². The van der Waals surface area contributed by atoms with Gasteiger partial charge in [-0.05, 0) is 72.8 Å². The van der Waals surface area contributed by atoms with Gasteiger partial charge in [-0.25, -0.2) is 14.0 Å². The van der Waals surface area contributed by atoms with Crippen LogP contribution in [-0.4, -0.2) is 27.8 Å². The Balaban J connectivity index is 1.32. The predicted octanol–water partition coefficient (Wildman–Crippen LogP) is 5.76. The molecule has 0 fully saturated rings. The number of benzene rings is 4. The van der Waals surface area contributed by atoms with Crippen LogP contribution in [0.5, 0.6) is 0 Å². The lowest BCUT2D eigenvalue weighted by molar-refractivity contribution is 0.0910. The van der Waals surface area contributed by atoms with Crippen LogP contribution in [0, 0.1) is 0 Å². The lowest BCUT2D eigenvalue weighted by Gasteiger charge is -2.13. The summed E-state index contributed by atoms with van der Waals surface area (Å²) in [6, 6.07) is 21.5. The zero-order valence-electron chi connectivity index (χ0n) is 19.2. The lowest BCUT2D eigenvalue weighted by Crippen LogP contribution is -2.29. The molecule has 0 atom stereocenters. The van der Waals surface area contributed by atoms with Gasteiger partial charge in [-0.2, -0.15) is 0 Å². The summed E-state index contributed by atoms with van der Waals surface area (Å²) >= 11 is 12.1. The van der Waals surface area contributed by atoms with Gasteiger partial charge in [0, 0.05) is 19.8 Å². The van der Waals surface area contributed by atoms with Gasteiger partial charge in [0.2, 0.25) is 0 Å². The third-order valence-corrected chi connectivity index (χ3v) is 8.11. The normalized spacial score (nSPS) is 14.5. The SMILES string of the molecule is O=C1c2ccc(S(=O)c3ccc4c(c3)C(=O)N(c3cccc(Cl)c3)C4=O)cc2C(=O)N1c1cccc(Cl)c1. The van der Waals surface area contributed by atoms with E-state index in [1.807, 2.05) is 0 Å². The summed E-state index contributed by atoms with van der Waals surface area (Å²) in [4.78, 5) is 54.7. The Kier molecular flexibility index (Phi) is 5.75. The van der Waals surface area contributed by atoms with Crippen LogP contribution in [0.1, 0.15) is 41.4 Å². The van der Waals surface area contributed by atoms with Gasteiger partial charge in [-0.1, -0.05) is 35.3 Å². The van der Waals surface area contributed by atoms with E-state index in [0.717, 1.165) is 9.80 Å². The molecule has 0 N–H and O–H groups in total. The molecule has 0 unspecified atom stereocenters. The maximum Gasteiger partial charge on any atom is 0.266 e. The number of carbonyl (C=O) groups excluding carboxylic acids is 4. The van der Waals surface area contributed by atoms with Gasteiger partial charge in [-0.3, -0.25) is 19.2 Å². The van der Waals surface area contributed by atoms with Gasteiger partial charge < -0.3 is 0 Å². The van der Waals surface area contributed by atoms with Crippen LogP contribution < -0.4 is 9.80 Å². The minimum atomic E-state index is -1.81. The highest BCUT2D eigenvalue weighted by molar-refractivity contribution is 7.85. The van der Waals surface area contributed by atoms with Gasteiger partial charge in [0.05, 0.1) is 44.4 Å². The second kappa shape index (κ2) is 9.02. The molecule has 0 saturated heterocycles. The van der Waals surface area contributed by atoms with E-state index in [-0.39, 0.29) is 32.0 Å². The van der Waals surface area contributed by atoms with Gasteiger partial charge in [-0.15, -0.1) is 0 Å². The van der Waals surface area contributed by atoms with Crippen LogP contribution in [0.15, 0.2) is 94.7 Å². The van der Waals surface area contributed by atoms with Gasteiger partial charge in [0.15, 0.2) is 0 Å². The number of carbonyl (C=O) groups is 4. The number of rotatable bonds is 4. The Morgan fingerprint density at radius 1 is 0.500 bits per heavy atom. The van der Waals surface area contributed by atoms with Gasteiger partial charge >= 0.3 is 0 Å². The summed E-state index contributed by atoms with van der Waals surface area (Å²) in [6.07, 6.45) is 0. The molecule has 7 nitrogen and oxygen atoms in total. The van der Waals surface area contributed by atoms with Crippen molar-refractivity contribution in [2.75, 3.05) is 9.80 Å². The fourth-order valence-electron chi connectivity index (χ4n) is 4.51. The molecule has 2 heterocycles. The molecule has 4 aromatic rings. The maximum absolute atomic E-state index is 13.5. The molecular formula is C28H14Cl2N2O5S.